The van der Waals surface area contributed by atoms with Crippen LogP contribution in [0.4, 0.5) is 10.1 Å². The number of aliphatic imine (C=N–C) groups is 1. The van der Waals surface area contributed by atoms with Gasteiger partial charge in [0, 0.05) is 10.9 Å². The van der Waals surface area contributed by atoms with Crippen LogP contribution in [-0.2, 0) is 21.1 Å². The number of amidine groups is 1. The first-order valence-corrected chi connectivity index (χ1v) is 12.7. The lowest BCUT2D eigenvalue weighted by atomic mass is 10.1. The van der Waals surface area contributed by atoms with Crippen LogP contribution in [0.3, 0.4) is 0 Å². The fourth-order valence-electron chi connectivity index (χ4n) is 3.81. The molecule has 0 aliphatic carbocycles. The lowest BCUT2D eigenvalue weighted by Gasteiger charge is -2.24. The predicted octanol–water partition coefficient (Wildman–Crippen LogP) is 3.34. The molecule has 32 heavy (non-hydrogen) atoms. The minimum Gasteiger partial charge on any atom is -0.493 e. The maximum atomic E-state index is 13.7. The summed E-state index contributed by atoms with van der Waals surface area (Å²) >= 11 is 7.19. The average Bonchev–Trinajstić information content (AvgIpc) is 3.20. The Labute approximate surface area is 194 Å². The van der Waals surface area contributed by atoms with E-state index in [2.05, 4.69) is 4.99 Å². The van der Waals surface area contributed by atoms with Crippen molar-refractivity contribution < 1.29 is 27.1 Å². The van der Waals surface area contributed by atoms with Crippen molar-refractivity contribution in [1.82, 2.24) is 0 Å². The van der Waals surface area contributed by atoms with Crippen LogP contribution < -0.4 is 14.4 Å². The number of hydrogen-bond donors (Lipinski definition) is 0. The quantitative estimate of drug-likeness (QED) is 0.625. The number of anilines is 1. The lowest BCUT2D eigenvalue weighted by Crippen LogP contribution is -2.37. The number of hydrogen-bond acceptors (Lipinski definition) is 6. The Balaban J connectivity index is 1.63. The number of halogens is 2. The van der Waals surface area contributed by atoms with Gasteiger partial charge in [0.05, 0.1) is 43.2 Å². The number of amides is 1. The van der Waals surface area contributed by atoms with E-state index in [1.165, 1.54) is 44.2 Å². The molecule has 2 heterocycles. The van der Waals surface area contributed by atoms with Crippen LogP contribution in [0.15, 0.2) is 41.4 Å². The Hall–Kier alpha value is -2.30. The SMILES string of the molecule is COc1ccc(CC(=O)N=C2S[C@@H]3CS(=O)(=O)C[C@H]3N2c2ccc(F)c(Cl)c2)cc1OC. The van der Waals surface area contributed by atoms with E-state index in [0.29, 0.717) is 27.9 Å². The van der Waals surface area contributed by atoms with E-state index in [1.54, 1.807) is 23.1 Å². The highest BCUT2D eigenvalue weighted by Crippen LogP contribution is 2.41. The first-order chi connectivity index (χ1) is 15.2. The van der Waals surface area contributed by atoms with E-state index in [4.69, 9.17) is 21.1 Å². The molecule has 7 nitrogen and oxygen atoms in total. The van der Waals surface area contributed by atoms with Gasteiger partial charge in [-0.05, 0) is 35.9 Å². The topological polar surface area (TPSA) is 85.3 Å². The highest BCUT2D eigenvalue weighted by molar-refractivity contribution is 8.16. The van der Waals surface area contributed by atoms with Crippen molar-refractivity contribution in [3.8, 4) is 11.5 Å². The van der Waals surface area contributed by atoms with Gasteiger partial charge in [-0.3, -0.25) is 4.79 Å². The molecule has 2 aliphatic heterocycles. The molecular weight excluding hydrogens is 479 g/mol. The number of thioether (sulfide) groups is 1. The van der Waals surface area contributed by atoms with Gasteiger partial charge in [0.15, 0.2) is 26.5 Å². The van der Waals surface area contributed by atoms with Crippen molar-refractivity contribution in [2.75, 3.05) is 30.6 Å². The van der Waals surface area contributed by atoms with E-state index in [1.807, 2.05) is 0 Å². The second-order valence-electron chi connectivity index (χ2n) is 7.42. The number of carbonyl (C=O) groups excluding carboxylic acids is 1. The second kappa shape index (κ2) is 8.92. The van der Waals surface area contributed by atoms with E-state index in [-0.39, 0.29) is 28.2 Å². The van der Waals surface area contributed by atoms with Crippen molar-refractivity contribution >= 4 is 50.0 Å². The first kappa shape index (κ1) is 22.9. The number of carbonyl (C=O) groups is 1. The smallest absolute Gasteiger partial charge is 0.252 e. The maximum absolute atomic E-state index is 13.7. The molecule has 11 heteroatoms. The zero-order valence-electron chi connectivity index (χ0n) is 17.2. The lowest BCUT2D eigenvalue weighted by molar-refractivity contribution is -0.117. The Morgan fingerprint density at radius 2 is 1.94 bits per heavy atom. The van der Waals surface area contributed by atoms with Crippen molar-refractivity contribution in [2.24, 2.45) is 4.99 Å². The number of fused-ring (bicyclic) bond motifs is 1. The van der Waals surface area contributed by atoms with Crippen molar-refractivity contribution in [2.45, 2.75) is 17.7 Å². The molecule has 2 aromatic rings. The first-order valence-electron chi connectivity index (χ1n) is 9.64. The summed E-state index contributed by atoms with van der Waals surface area (Å²) in [6.45, 7) is 0. The van der Waals surface area contributed by atoms with Crippen LogP contribution >= 0.6 is 23.4 Å². The molecule has 170 valence electrons. The molecular formula is C21H20ClFN2O5S2. The minimum atomic E-state index is -3.21. The van der Waals surface area contributed by atoms with Crippen LogP contribution in [0.2, 0.25) is 5.02 Å². The fraction of sp³-hybridized carbons (Fsp3) is 0.333. The minimum absolute atomic E-state index is 0.00332. The van der Waals surface area contributed by atoms with E-state index in [9.17, 15) is 17.6 Å². The molecule has 2 fully saturated rings. The van der Waals surface area contributed by atoms with Crippen LogP contribution in [0, 0.1) is 5.82 Å². The van der Waals surface area contributed by atoms with Crippen LogP contribution in [0.5, 0.6) is 11.5 Å². The summed E-state index contributed by atoms with van der Waals surface area (Å²) in [5, 5.41) is 0.0207. The monoisotopic (exact) mass is 498 g/mol. The summed E-state index contributed by atoms with van der Waals surface area (Å²) in [6, 6.07) is 8.89. The molecule has 4 rings (SSSR count). The number of sulfone groups is 1. The van der Waals surface area contributed by atoms with Gasteiger partial charge in [-0.15, -0.1) is 0 Å². The molecule has 2 aromatic carbocycles. The number of methoxy groups -OCH3 is 2. The summed E-state index contributed by atoms with van der Waals surface area (Å²) in [4.78, 5) is 18.7. The van der Waals surface area contributed by atoms with E-state index in [0.717, 1.165) is 0 Å². The fourth-order valence-corrected chi connectivity index (χ4v) is 7.92. The Bertz CT molecular complexity index is 1200. The molecule has 0 saturated carbocycles. The maximum Gasteiger partial charge on any atom is 0.252 e. The molecule has 2 saturated heterocycles. The predicted molar refractivity (Wildman–Crippen MR) is 123 cm³/mol. The largest absolute Gasteiger partial charge is 0.493 e. The summed E-state index contributed by atoms with van der Waals surface area (Å²) in [6.07, 6.45) is 0.0239. The number of rotatable bonds is 5. The van der Waals surface area contributed by atoms with Gasteiger partial charge in [-0.2, -0.15) is 4.99 Å². The van der Waals surface area contributed by atoms with Crippen LogP contribution in [-0.4, -0.2) is 56.5 Å². The van der Waals surface area contributed by atoms with Crippen molar-refractivity contribution in [1.29, 1.82) is 0 Å². The normalized spacial score (nSPS) is 22.8. The molecule has 2 atom stereocenters. The Kier molecular flexibility index (Phi) is 6.37. The zero-order chi connectivity index (χ0) is 23.0. The molecule has 1 amide bonds. The van der Waals surface area contributed by atoms with Gasteiger partial charge in [0.2, 0.25) is 0 Å². The van der Waals surface area contributed by atoms with Gasteiger partial charge in [0.25, 0.3) is 5.91 Å². The van der Waals surface area contributed by atoms with E-state index >= 15 is 0 Å². The number of nitrogens with zero attached hydrogens (tertiary/aromatic N) is 2. The molecule has 0 N–H and O–H groups in total. The third kappa shape index (κ3) is 4.57. The van der Waals surface area contributed by atoms with Gasteiger partial charge < -0.3 is 14.4 Å². The van der Waals surface area contributed by atoms with Crippen LogP contribution in [0.25, 0.3) is 0 Å². The molecule has 0 unspecified atom stereocenters. The summed E-state index contributed by atoms with van der Waals surface area (Å²) in [5.74, 6) is -0.00134. The highest BCUT2D eigenvalue weighted by Gasteiger charge is 2.49. The van der Waals surface area contributed by atoms with Crippen LogP contribution in [0.1, 0.15) is 5.56 Å². The molecule has 0 aromatic heterocycles. The third-order valence-electron chi connectivity index (χ3n) is 5.27. The van der Waals surface area contributed by atoms with Gasteiger partial charge >= 0.3 is 0 Å². The number of benzene rings is 2. The Morgan fingerprint density at radius 3 is 2.62 bits per heavy atom. The summed E-state index contributed by atoms with van der Waals surface area (Å²) in [7, 11) is -0.176. The van der Waals surface area contributed by atoms with E-state index < -0.39 is 27.6 Å². The molecule has 0 bridgehead atoms. The standard InChI is InChI=1S/C21H20ClFN2O5S2/c1-29-17-6-3-12(7-18(17)30-2)8-20(26)24-21-25(13-4-5-15(23)14(22)9-13)16-10-32(27,28)11-19(16)31-21/h3-7,9,16,19H,8,10-11H2,1-2H3/t16-,19-/m1/s1. The van der Waals surface area contributed by atoms with Gasteiger partial charge in [-0.1, -0.05) is 29.4 Å². The Morgan fingerprint density at radius 1 is 1.19 bits per heavy atom. The number of ether oxygens (including phenoxy) is 2. The summed E-state index contributed by atoms with van der Waals surface area (Å²) < 4.78 is 48.5. The van der Waals surface area contributed by atoms with Crippen molar-refractivity contribution in [3.05, 3.63) is 52.8 Å². The van der Waals surface area contributed by atoms with Crippen molar-refractivity contribution in [3.63, 3.8) is 0 Å². The van der Waals surface area contributed by atoms with Gasteiger partial charge in [0.1, 0.15) is 5.82 Å². The molecule has 2 aliphatic rings. The third-order valence-corrected chi connectivity index (χ3v) is 8.77. The zero-order valence-corrected chi connectivity index (χ0v) is 19.6. The molecule has 0 spiro atoms. The molecule has 0 radical (unpaired) electrons. The second-order valence-corrected chi connectivity index (χ2v) is 11.2. The average molecular weight is 499 g/mol. The van der Waals surface area contributed by atoms with Gasteiger partial charge in [-0.25, -0.2) is 12.8 Å². The highest BCUT2D eigenvalue weighted by atomic mass is 35.5. The summed E-state index contributed by atoms with van der Waals surface area (Å²) in [5.41, 5.74) is 1.19.